The van der Waals surface area contributed by atoms with Gasteiger partial charge in [-0.05, 0) is 0 Å². The van der Waals surface area contributed by atoms with Gasteiger partial charge in [-0.1, -0.05) is 18.7 Å². The van der Waals surface area contributed by atoms with Crippen molar-refractivity contribution in [3.8, 4) is 6.07 Å². The maximum atomic E-state index is 10.8. The van der Waals surface area contributed by atoms with Crippen molar-refractivity contribution in [3.05, 3.63) is 25.3 Å². The van der Waals surface area contributed by atoms with E-state index >= 15 is 0 Å². The molecule has 0 heterocycles. The fourth-order valence-electron chi connectivity index (χ4n) is 0.729. The highest BCUT2D eigenvalue weighted by Crippen LogP contribution is 1.98. The van der Waals surface area contributed by atoms with Gasteiger partial charge >= 0.3 is 6.03 Å². The summed E-state index contributed by atoms with van der Waals surface area (Å²) in [6.07, 6.45) is 2.85. The molecule has 64 valence electrons. The Hall–Kier alpha value is -1.76. The van der Waals surface area contributed by atoms with Crippen molar-refractivity contribution < 1.29 is 4.79 Å². The number of urea groups is 1. The lowest BCUT2D eigenvalue weighted by molar-refractivity contribution is 0.210. The molecule has 0 aliphatic rings. The summed E-state index contributed by atoms with van der Waals surface area (Å²) in [5, 5.41) is 8.57. The summed E-state index contributed by atoms with van der Waals surface area (Å²) < 4.78 is 0. The number of carbonyl (C=O) groups is 1. The van der Waals surface area contributed by atoms with Crippen LogP contribution in [-0.4, -0.2) is 23.5 Å². The van der Waals surface area contributed by atoms with Crippen molar-refractivity contribution in [2.24, 2.45) is 5.73 Å². The summed E-state index contributed by atoms with van der Waals surface area (Å²) in [5.41, 5.74) is 5.02. The van der Waals surface area contributed by atoms with E-state index in [-0.39, 0.29) is 6.54 Å². The molecule has 1 unspecified atom stereocenters. The smallest absolute Gasteiger partial charge is 0.316 e. The molecule has 12 heavy (non-hydrogen) atoms. The number of primary amides is 1. The van der Waals surface area contributed by atoms with Gasteiger partial charge in [0, 0.05) is 6.54 Å². The summed E-state index contributed by atoms with van der Waals surface area (Å²) in [7, 11) is 0. The SMILES string of the molecule is C=CCN(C(N)=O)C(C#N)C=C. The molecule has 0 saturated heterocycles. The highest BCUT2D eigenvalue weighted by Gasteiger charge is 2.16. The molecule has 0 spiro atoms. The number of hydrogen-bond acceptors (Lipinski definition) is 2. The molecule has 0 bridgehead atoms. The molecule has 1 atom stereocenters. The quantitative estimate of drug-likeness (QED) is 0.621. The molecule has 4 heteroatoms. The molecular weight excluding hydrogens is 154 g/mol. The first-order valence-corrected chi connectivity index (χ1v) is 3.36. The van der Waals surface area contributed by atoms with Crippen molar-refractivity contribution in [1.82, 2.24) is 4.90 Å². The molecule has 2 N–H and O–H groups in total. The number of nitrogens with two attached hydrogens (primary N) is 1. The predicted molar refractivity (Wildman–Crippen MR) is 46.1 cm³/mol. The largest absolute Gasteiger partial charge is 0.351 e. The van der Waals surface area contributed by atoms with Crippen molar-refractivity contribution in [3.63, 3.8) is 0 Å². The van der Waals surface area contributed by atoms with Crippen LogP contribution in [0.1, 0.15) is 0 Å². The fraction of sp³-hybridized carbons (Fsp3) is 0.250. The Morgan fingerprint density at radius 3 is 2.58 bits per heavy atom. The van der Waals surface area contributed by atoms with Gasteiger partial charge in [0.05, 0.1) is 6.07 Å². The molecule has 0 aliphatic carbocycles. The van der Waals surface area contributed by atoms with Crippen LogP contribution in [0.5, 0.6) is 0 Å². The van der Waals surface area contributed by atoms with Crippen LogP contribution in [0.25, 0.3) is 0 Å². The number of nitriles is 1. The minimum Gasteiger partial charge on any atom is -0.351 e. The van der Waals surface area contributed by atoms with Crippen LogP contribution >= 0.6 is 0 Å². The van der Waals surface area contributed by atoms with Crippen LogP contribution in [0.3, 0.4) is 0 Å². The second kappa shape index (κ2) is 4.97. The summed E-state index contributed by atoms with van der Waals surface area (Å²) in [5.74, 6) is 0. The van der Waals surface area contributed by atoms with Crippen molar-refractivity contribution in [2.45, 2.75) is 6.04 Å². The van der Waals surface area contributed by atoms with E-state index in [9.17, 15) is 4.79 Å². The van der Waals surface area contributed by atoms with Crippen molar-refractivity contribution >= 4 is 6.03 Å². The minimum atomic E-state index is -0.680. The van der Waals surface area contributed by atoms with Gasteiger partial charge < -0.3 is 10.6 Å². The Labute approximate surface area is 71.6 Å². The lowest BCUT2D eigenvalue weighted by Crippen LogP contribution is -2.42. The van der Waals surface area contributed by atoms with E-state index in [1.54, 1.807) is 0 Å². The first-order valence-electron chi connectivity index (χ1n) is 3.36. The maximum absolute atomic E-state index is 10.8. The van der Waals surface area contributed by atoms with E-state index in [4.69, 9.17) is 11.0 Å². The normalized spacial score (nSPS) is 10.9. The van der Waals surface area contributed by atoms with Gasteiger partial charge in [0.1, 0.15) is 6.04 Å². The van der Waals surface area contributed by atoms with Crippen molar-refractivity contribution in [2.75, 3.05) is 6.54 Å². The number of rotatable bonds is 4. The molecule has 0 saturated carbocycles. The van der Waals surface area contributed by atoms with Crippen LogP contribution in [0.15, 0.2) is 25.3 Å². The lowest BCUT2D eigenvalue weighted by Gasteiger charge is -2.20. The zero-order chi connectivity index (χ0) is 9.56. The monoisotopic (exact) mass is 165 g/mol. The van der Waals surface area contributed by atoms with Gasteiger partial charge in [0.2, 0.25) is 0 Å². The third-order valence-electron chi connectivity index (χ3n) is 1.30. The number of hydrogen-bond donors (Lipinski definition) is 1. The first-order chi connectivity index (χ1) is 5.67. The van der Waals surface area contributed by atoms with Gasteiger partial charge in [-0.15, -0.1) is 6.58 Å². The van der Waals surface area contributed by atoms with Gasteiger partial charge in [0.15, 0.2) is 0 Å². The Kier molecular flexibility index (Phi) is 4.24. The predicted octanol–water partition coefficient (Wildman–Crippen LogP) is 0.631. The van der Waals surface area contributed by atoms with E-state index in [2.05, 4.69) is 13.2 Å². The zero-order valence-electron chi connectivity index (χ0n) is 6.73. The van der Waals surface area contributed by atoms with Crippen LogP contribution in [-0.2, 0) is 0 Å². The van der Waals surface area contributed by atoms with E-state index in [1.165, 1.54) is 17.1 Å². The molecule has 0 aromatic heterocycles. The number of nitrogens with zero attached hydrogens (tertiary/aromatic N) is 2. The highest BCUT2D eigenvalue weighted by atomic mass is 16.2. The van der Waals surface area contributed by atoms with E-state index in [0.29, 0.717) is 0 Å². The third kappa shape index (κ3) is 2.46. The molecule has 2 amide bonds. The molecule has 0 rings (SSSR count). The molecule has 0 aliphatic heterocycles. The summed E-state index contributed by atoms with van der Waals surface area (Å²) in [6.45, 7) is 7.10. The van der Waals surface area contributed by atoms with Gasteiger partial charge in [-0.3, -0.25) is 0 Å². The Balaban J connectivity index is 4.48. The van der Waals surface area contributed by atoms with E-state index in [0.717, 1.165) is 0 Å². The molecular formula is C8H11N3O. The van der Waals surface area contributed by atoms with Gasteiger partial charge in [0.25, 0.3) is 0 Å². The van der Waals surface area contributed by atoms with Crippen LogP contribution in [0.4, 0.5) is 4.79 Å². The Morgan fingerprint density at radius 2 is 2.33 bits per heavy atom. The standard InChI is InChI=1S/C8H11N3O/c1-3-5-11(8(10)12)7(4-2)6-9/h3-4,7H,1-2,5H2,(H2,10,12). The summed E-state index contributed by atoms with van der Waals surface area (Å²) in [4.78, 5) is 11.9. The summed E-state index contributed by atoms with van der Waals surface area (Å²) in [6, 6.07) is 0.546. The van der Waals surface area contributed by atoms with Crippen LogP contribution in [0, 0.1) is 11.3 Å². The topological polar surface area (TPSA) is 70.1 Å². The lowest BCUT2D eigenvalue weighted by atomic mass is 10.3. The van der Waals surface area contributed by atoms with Crippen LogP contribution in [0.2, 0.25) is 0 Å². The van der Waals surface area contributed by atoms with E-state index in [1.807, 2.05) is 6.07 Å². The third-order valence-corrected chi connectivity index (χ3v) is 1.30. The minimum absolute atomic E-state index is 0.250. The molecule has 4 nitrogen and oxygen atoms in total. The van der Waals surface area contributed by atoms with Gasteiger partial charge in [-0.25, -0.2) is 4.79 Å². The van der Waals surface area contributed by atoms with Gasteiger partial charge in [-0.2, -0.15) is 5.26 Å². The fourth-order valence-corrected chi connectivity index (χ4v) is 0.729. The first kappa shape index (κ1) is 10.2. The molecule has 0 aromatic carbocycles. The molecule has 0 aromatic rings. The Bertz CT molecular complexity index is 229. The Morgan fingerprint density at radius 1 is 1.75 bits per heavy atom. The second-order valence-corrected chi connectivity index (χ2v) is 2.09. The molecule has 0 fully saturated rings. The average Bonchev–Trinajstić information content (AvgIpc) is 2.05. The highest BCUT2D eigenvalue weighted by molar-refractivity contribution is 5.73. The van der Waals surface area contributed by atoms with E-state index < -0.39 is 12.1 Å². The van der Waals surface area contributed by atoms with Crippen LogP contribution < -0.4 is 5.73 Å². The van der Waals surface area contributed by atoms with Crippen molar-refractivity contribution in [1.29, 1.82) is 5.26 Å². The average molecular weight is 165 g/mol. The molecule has 0 radical (unpaired) electrons. The summed E-state index contributed by atoms with van der Waals surface area (Å²) >= 11 is 0. The number of carbonyl (C=O) groups excluding carboxylic acids is 1. The maximum Gasteiger partial charge on any atom is 0.316 e. The number of amides is 2. The zero-order valence-corrected chi connectivity index (χ0v) is 6.73. The second-order valence-electron chi connectivity index (χ2n) is 2.09.